The normalized spacial score (nSPS) is 11.9. The minimum absolute atomic E-state index is 1.29. The van der Waals surface area contributed by atoms with Gasteiger partial charge < -0.3 is 0 Å². The molecular weight excluding hydrogens is 673 g/mol. The molecule has 56 heavy (non-hydrogen) atoms. The maximum Gasteiger partial charge on any atom is -0.00255 e. The molecule has 276 valence electrons. The monoisotopic (exact) mass is 724 g/mol. The SMILES string of the molecule is Cc1cc(C)c(-c2cc3cc(-c4c(C)cc(C)cc4C)cc4c5cc(-c6c(C)cc(C)cc6C)cc6cc(-c7c(C)cc(C)cc7C)cc(c(c2)c34)c65)c(C)c1. The molecule has 0 nitrogen and oxygen atoms in total. The Bertz CT molecular complexity index is 2620. The van der Waals surface area contributed by atoms with Gasteiger partial charge in [0, 0.05) is 0 Å². The third-order valence-corrected chi connectivity index (χ3v) is 12.5. The van der Waals surface area contributed by atoms with Crippen molar-refractivity contribution in [2.75, 3.05) is 0 Å². The molecule has 0 aliphatic rings. The van der Waals surface area contributed by atoms with E-state index in [1.807, 2.05) is 0 Å². The highest BCUT2D eigenvalue weighted by Gasteiger charge is 2.22. The van der Waals surface area contributed by atoms with Crippen LogP contribution in [0.3, 0.4) is 0 Å². The summed E-state index contributed by atoms with van der Waals surface area (Å²) < 4.78 is 0. The lowest BCUT2D eigenvalue weighted by molar-refractivity contribution is 1.32. The van der Waals surface area contributed by atoms with E-state index >= 15 is 0 Å². The summed E-state index contributed by atoms with van der Waals surface area (Å²) in [5, 5.41) is 10.6. The van der Waals surface area contributed by atoms with E-state index in [0.29, 0.717) is 0 Å². The molecule has 0 aromatic heterocycles. The molecule has 0 aliphatic heterocycles. The smallest absolute Gasteiger partial charge is 0.00255 e. The quantitative estimate of drug-likeness (QED) is 0.125. The van der Waals surface area contributed by atoms with Gasteiger partial charge in [0.2, 0.25) is 0 Å². The van der Waals surface area contributed by atoms with E-state index < -0.39 is 0 Å². The van der Waals surface area contributed by atoms with Gasteiger partial charge in [-0.05, 0) is 264 Å². The maximum atomic E-state index is 2.51. The largest absolute Gasteiger partial charge is 0.0557 e. The summed E-state index contributed by atoms with van der Waals surface area (Å²) in [6, 6.07) is 38.7. The summed E-state index contributed by atoms with van der Waals surface area (Å²) in [6.45, 7) is 27.1. The van der Waals surface area contributed by atoms with Crippen molar-refractivity contribution in [2.24, 2.45) is 0 Å². The summed E-state index contributed by atoms with van der Waals surface area (Å²) in [5.41, 5.74) is 26.3. The van der Waals surface area contributed by atoms with Crippen molar-refractivity contribution in [3.63, 3.8) is 0 Å². The molecule has 0 atom stereocenters. The zero-order chi connectivity index (χ0) is 39.5. The number of benzene rings is 9. The number of aryl methyl sites for hydroxylation is 12. The third kappa shape index (κ3) is 5.64. The van der Waals surface area contributed by atoms with E-state index in [4.69, 9.17) is 0 Å². The maximum absolute atomic E-state index is 2.51. The van der Waals surface area contributed by atoms with Crippen LogP contribution in [0, 0.1) is 83.1 Å². The number of hydrogen-bond donors (Lipinski definition) is 0. The fourth-order valence-corrected chi connectivity index (χ4v) is 11.0. The predicted molar refractivity (Wildman–Crippen MR) is 246 cm³/mol. The summed E-state index contributed by atoms with van der Waals surface area (Å²) in [7, 11) is 0. The Morgan fingerprint density at radius 1 is 0.214 bits per heavy atom. The van der Waals surface area contributed by atoms with Gasteiger partial charge in [0.05, 0.1) is 0 Å². The highest BCUT2D eigenvalue weighted by Crippen LogP contribution is 2.48. The zero-order valence-corrected chi connectivity index (χ0v) is 35.2. The zero-order valence-electron chi connectivity index (χ0n) is 35.2. The molecule has 0 saturated heterocycles. The van der Waals surface area contributed by atoms with Crippen LogP contribution in [0.4, 0.5) is 0 Å². The molecule has 0 saturated carbocycles. The van der Waals surface area contributed by atoms with Crippen LogP contribution >= 0.6 is 0 Å². The lowest BCUT2D eigenvalue weighted by Crippen LogP contribution is -1.97. The first-order chi connectivity index (χ1) is 26.7. The average Bonchev–Trinajstić information content (AvgIpc) is 3.08. The van der Waals surface area contributed by atoms with Gasteiger partial charge in [-0.25, -0.2) is 0 Å². The Balaban J connectivity index is 1.52. The Morgan fingerprint density at radius 3 is 0.571 bits per heavy atom. The molecule has 9 rings (SSSR count). The molecule has 0 N–H and O–H groups in total. The number of rotatable bonds is 4. The predicted octanol–water partition coefficient (Wildman–Crippen LogP) is 16.1. The fraction of sp³-hybridized carbons (Fsp3) is 0.214. The Morgan fingerprint density at radius 2 is 0.393 bits per heavy atom. The molecule has 0 bridgehead atoms. The second kappa shape index (κ2) is 12.9. The molecule has 0 fully saturated rings. The van der Waals surface area contributed by atoms with E-state index in [2.05, 4.69) is 180 Å². The summed E-state index contributed by atoms with van der Waals surface area (Å²) in [6.07, 6.45) is 0. The van der Waals surface area contributed by atoms with Crippen molar-refractivity contribution in [3.05, 3.63) is 164 Å². The molecule has 0 spiro atoms. The van der Waals surface area contributed by atoms with Crippen LogP contribution in [0.1, 0.15) is 66.8 Å². The van der Waals surface area contributed by atoms with E-state index in [9.17, 15) is 0 Å². The van der Waals surface area contributed by atoms with Crippen LogP contribution in [0.5, 0.6) is 0 Å². The van der Waals surface area contributed by atoms with Crippen LogP contribution in [-0.4, -0.2) is 0 Å². The lowest BCUT2D eigenvalue weighted by atomic mass is 9.81. The molecule has 0 radical (unpaired) electrons. The van der Waals surface area contributed by atoms with Gasteiger partial charge in [-0.1, -0.05) is 70.8 Å². The van der Waals surface area contributed by atoms with Gasteiger partial charge in [0.15, 0.2) is 0 Å². The second-order valence-electron chi connectivity index (χ2n) is 17.4. The van der Waals surface area contributed by atoms with E-state index in [1.54, 1.807) is 0 Å². The van der Waals surface area contributed by atoms with Crippen LogP contribution in [0.15, 0.2) is 97.1 Å². The van der Waals surface area contributed by atoms with Crippen molar-refractivity contribution < 1.29 is 0 Å². The van der Waals surface area contributed by atoms with Crippen LogP contribution in [0.25, 0.3) is 87.6 Å². The van der Waals surface area contributed by atoms with E-state index in [1.165, 1.54) is 154 Å². The van der Waals surface area contributed by atoms with Gasteiger partial charge in [0.1, 0.15) is 0 Å². The first-order valence-electron chi connectivity index (χ1n) is 20.2. The van der Waals surface area contributed by atoms with Crippen molar-refractivity contribution in [2.45, 2.75) is 83.1 Å². The molecular formula is C56H52. The summed E-state index contributed by atoms with van der Waals surface area (Å²) >= 11 is 0. The molecule has 0 heteroatoms. The lowest BCUT2D eigenvalue weighted by Gasteiger charge is -2.22. The van der Waals surface area contributed by atoms with Crippen molar-refractivity contribution in [1.29, 1.82) is 0 Å². The second-order valence-corrected chi connectivity index (χ2v) is 17.4. The Hall–Kier alpha value is -5.72. The first-order valence-corrected chi connectivity index (χ1v) is 20.2. The highest BCUT2D eigenvalue weighted by molar-refractivity contribution is 6.35. The number of hydrogen-bond acceptors (Lipinski definition) is 0. The van der Waals surface area contributed by atoms with Gasteiger partial charge in [-0.15, -0.1) is 0 Å². The van der Waals surface area contributed by atoms with E-state index in [0.717, 1.165) is 0 Å². The molecule has 0 heterocycles. The minimum atomic E-state index is 1.29. The molecule has 9 aromatic rings. The van der Waals surface area contributed by atoms with Gasteiger partial charge in [0.25, 0.3) is 0 Å². The summed E-state index contributed by atoms with van der Waals surface area (Å²) in [5.74, 6) is 0. The Labute approximate surface area is 333 Å². The highest BCUT2D eigenvalue weighted by atomic mass is 14.3. The third-order valence-electron chi connectivity index (χ3n) is 12.5. The number of fused-ring (bicyclic) bond motifs is 2. The van der Waals surface area contributed by atoms with Crippen molar-refractivity contribution in [1.82, 2.24) is 0 Å². The fourth-order valence-electron chi connectivity index (χ4n) is 11.0. The average molecular weight is 725 g/mol. The van der Waals surface area contributed by atoms with Gasteiger partial charge in [-0.3, -0.25) is 0 Å². The molecule has 0 aliphatic carbocycles. The van der Waals surface area contributed by atoms with Crippen molar-refractivity contribution >= 4 is 43.1 Å². The standard InChI is InChI=1S/C56H52/c1-29-13-33(5)51(34(6)14-29)43-21-41-22-44(52-35(7)15-30(2)16-36(52)8)27-49-50-28-46(54-39(11)19-32(4)20-40(54)12)24-42-23-45(53-37(9)17-31(3)18-38(53)10)26-48(56(42)50)47(25-43)55(41)49/h13-28H,1-12H3. The van der Waals surface area contributed by atoms with E-state index in [-0.39, 0.29) is 0 Å². The first kappa shape index (κ1) is 35.9. The minimum Gasteiger partial charge on any atom is -0.0557 e. The molecule has 0 amide bonds. The van der Waals surface area contributed by atoms with Crippen LogP contribution < -0.4 is 0 Å². The van der Waals surface area contributed by atoms with Gasteiger partial charge >= 0.3 is 0 Å². The Kier molecular flexibility index (Phi) is 8.30. The molecule has 9 aromatic carbocycles. The molecule has 0 unspecified atom stereocenters. The topological polar surface area (TPSA) is 0 Å². The van der Waals surface area contributed by atoms with Crippen molar-refractivity contribution in [3.8, 4) is 44.5 Å². The van der Waals surface area contributed by atoms with Gasteiger partial charge in [-0.2, -0.15) is 0 Å². The van der Waals surface area contributed by atoms with Crippen LogP contribution in [-0.2, 0) is 0 Å². The van der Waals surface area contributed by atoms with Crippen LogP contribution in [0.2, 0.25) is 0 Å². The summed E-state index contributed by atoms with van der Waals surface area (Å²) in [4.78, 5) is 0.